The van der Waals surface area contributed by atoms with E-state index in [0.29, 0.717) is 5.02 Å². The second-order valence-electron chi connectivity index (χ2n) is 7.00. The van der Waals surface area contributed by atoms with Gasteiger partial charge in [-0.05, 0) is 50.8 Å². The Bertz CT molecular complexity index is 580. The number of amides is 2. The van der Waals surface area contributed by atoms with E-state index in [9.17, 15) is 9.59 Å². The quantitative estimate of drug-likeness (QED) is 0.926. The fraction of sp³-hybridized carbons (Fsp3) is 0.529. The number of halogens is 1. The fourth-order valence-electron chi connectivity index (χ4n) is 2.61. The highest BCUT2D eigenvalue weighted by atomic mass is 35.5. The summed E-state index contributed by atoms with van der Waals surface area (Å²) < 4.78 is 0. The second-order valence-corrected chi connectivity index (χ2v) is 7.43. The Kier molecular flexibility index (Phi) is 4.81. The molecule has 0 spiro atoms. The van der Waals surface area contributed by atoms with Crippen LogP contribution in [0.1, 0.15) is 38.7 Å². The van der Waals surface area contributed by atoms with E-state index in [0.717, 1.165) is 12.0 Å². The fourth-order valence-corrected chi connectivity index (χ4v) is 2.81. The Labute approximate surface area is 136 Å². The van der Waals surface area contributed by atoms with Gasteiger partial charge < -0.3 is 10.2 Å². The van der Waals surface area contributed by atoms with Crippen LogP contribution in [0.25, 0.3) is 0 Å². The Morgan fingerprint density at radius 3 is 2.64 bits per heavy atom. The molecule has 0 aromatic heterocycles. The lowest BCUT2D eigenvalue weighted by Gasteiger charge is -2.23. The van der Waals surface area contributed by atoms with Crippen LogP contribution in [0.15, 0.2) is 24.3 Å². The molecule has 1 fully saturated rings. The molecule has 2 amide bonds. The van der Waals surface area contributed by atoms with Crippen LogP contribution < -0.4 is 5.32 Å². The molecule has 1 aromatic carbocycles. The van der Waals surface area contributed by atoms with Crippen LogP contribution in [0.3, 0.4) is 0 Å². The number of benzene rings is 1. The predicted molar refractivity (Wildman–Crippen MR) is 87.8 cm³/mol. The summed E-state index contributed by atoms with van der Waals surface area (Å²) in [6, 6.07) is 7.63. The monoisotopic (exact) mass is 322 g/mol. The molecule has 4 nitrogen and oxygen atoms in total. The van der Waals surface area contributed by atoms with Crippen LogP contribution in [0.4, 0.5) is 0 Å². The maximum Gasteiger partial charge on any atom is 0.240 e. The van der Waals surface area contributed by atoms with Crippen molar-refractivity contribution in [1.29, 1.82) is 0 Å². The molecule has 1 aliphatic carbocycles. The molecule has 5 heteroatoms. The molecule has 1 saturated carbocycles. The van der Waals surface area contributed by atoms with Gasteiger partial charge in [-0.3, -0.25) is 9.59 Å². The van der Waals surface area contributed by atoms with E-state index in [1.165, 1.54) is 4.90 Å². The molecule has 22 heavy (non-hydrogen) atoms. The Balaban J connectivity index is 1.89. The molecule has 2 rings (SSSR count). The van der Waals surface area contributed by atoms with Crippen molar-refractivity contribution in [3.8, 4) is 0 Å². The highest BCUT2D eigenvalue weighted by Crippen LogP contribution is 2.48. The normalized spacial score (nSPS) is 20.4. The van der Waals surface area contributed by atoms with Crippen molar-refractivity contribution in [2.75, 3.05) is 13.6 Å². The van der Waals surface area contributed by atoms with E-state index in [4.69, 9.17) is 11.6 Å². The van der Waals surface area contributed by atoms with Crippen LogP contribution in [0, 0.1) is 5.92 Å². The predicted octanol–water partition coefficient (Wildman–Crippen LogP) is 2.82. The molecular formula is C17H23ClN2O2. The van der Waals surface area contributed by atoms with Gasteiger partial charge in [0.25, 0.3) is 0 Å². The Morgan fingerprint density at radius 1 is 1.36 bits per heavy atom. The Hall–Kier alpha value is -1.55. The third kappa shape index (κ3) is 4.47. The van der Waals surface area contributed by atoms with Crippen molar-refractivity contribution >= 4 is 23.4 Å². The first kappa shape index (κ1) is 16.8. The number of hydrogen-bond donors (Lipinski definition) is 1. The maximum absolute atomic E-state index is 12.4. The molecule has 1 N–H and O–H groups in total. The van der Waals surface area contributed by atoms with Crippen molar-refractivity contribution in [3.63, 3.8) is 0 Å². The first-order chi connectivity index (χ1) is 10.2. The summed E-state index contributed by atoms with van der Waals surface area (Å²) in [5.41, 5.74) is 0.808. The van der Waals surface area contributed by atoms with E-state index in [-0.39, 0.29) is 35.7 Å². The lowest BCUT2D eigenvalue weighted by atomic mass is 10.1. The highest BCUT2D eigenvalue weighted by Gasteiger charge is 2.45. The molecule has 0 aliphatic heterocycles. The van der Waals surface area contributed by atoms with Gasteiger partial charge in [-0.1, -0.05) is 23.7 Å². The summed E-state index contributed by atoms with van der Waals surface area (Å²) >= 11 is 5.99. The lowest BCUT2D eigenvalue weighted by molar-refractivity contribution is -0.136. The maximum atomic E-state index is 12.4. The first-order valence-electron chi connectivity index (χ1n) is 7.49. The molecular weight excluding hydrogens is 300 g/mol. The van der Waals surface area contributed by atoms with Crippen molar-refractivity contribution < 1.29 is 9.59 Å². The topological polar surface area (TPSA) is 49.4 Å². The van der Waals surface area contributed by atoms with Gasteiger partial charge >= 0.3 is 0 Å². The molecule has 0 radical (unpaired) electrons. The zero-order valence-electron chi connectivity index (χ0n) is 13.5. The average molecular weight is 323 g/mol. The zero-order chi connectivity index (χ0) is 16.5. The van der Waals surface area contributed by atoms with Crippen LogP contribution >= 0.6 is 11.6 Å². The van der Waals surface area contributed by atoms with Gasteiger partial charge in [0.05, 0.1) is 6.54 Å². The van der Waals surface area contributed by atoms with Crippen molar-refractivity contribution in [3.05, 3.63) is 34.9 Å². The standard InChI is InChI=1S/C17H23ClN2O2/c1-17(2,3)19-15(21)10-20(4)16(22)14-9-13(14)11-6-5-7-12(18)8-11/h5-8,13-14H,9-10H2,1-4H3,(H,19,21)/t13-,14+/m0/s1. The number of carbonyl (C=O) groups excluding carboxylic acids is 2. The van der Waals surface area contributed by atoms with E-state index in [1.54, 1.807) is 7.05 Å². The zero-order valence-corrected chi connectivity index (χ0v) is 14.3. The molecule has 2 atom stereocenters. The summed E-state index contributed by atoms with van der Waals surface area (Å²) in [6.45, 7) is 5.85. The molecule has 0 heterocycles. The smallest absolute Gasteiger partial charge is 0.240 e. The Morgan fingerprint density at radius 2 is 2.05 bits per heavy atom. The van der Waals surface area contributed by atoms with E-state index in [1.807, 2.05) is 45.0 Å². The molecule has 1 aliphatic rings. The minimum atomic E-state index is -0.288. The minimum absolute atomic E-state index is 0.0223. The van der Waals surface area contributed by atoms with Crippen molar-refractivity contribution in [1.82, 2.24) is 10.2 Å². The largest absolute Gasteiger partial charge is 0.350 e. The van der Waals surface area contributed by atoms with Gasteiger partial charge in [0.15, 0.2) is 0 Å². The lowest BCUT2D eigenvalue weighted by Crippen LogP contribution is -2.46. The number of nitrogens with zero attached hydrogens (tertiary/aromatic N) is 1. The van der Waals surface area contributed by atoms with Gasteiger partial charge in [0.1, 0.15) is 0 Å². The van der Waals surface area contributed by atoms with Crippen LogP contribution in [0.2, 0.25) is 5.02 Å². The third-order valence-corrected chi connectivity index (χ3v) is 3.89. The van der Waals surface area contributed by atoms with Crippen LogP contribution in [-0.2, 0) is 9.59 Å². The number of nitrogens with one attached hydrogen (secondary N) is 1. The van der Waals surface area contributed by atoms with E-state index < -0.39 is 0 Å². The SMILES string of the molecule is CN(CC(=O)NC(C)(C)C)C(=O)[C@@H]1C[C@H]1c1cccc(Cl)c1. The highest BCUT2D eigenvalue weighted by molar-refractivity contribution is 6.30. The average Bonchev–Trinajstić information content (AvgIpc) is 3.15. The number of rotatable bonds is 4. The molecule has 1 aromatic rings. The van der Waals surface area contributed by atoms with Gasteiger partial charge in [0, 0.05) is 23.5 Å². The molecule has 0 saturated heterocycles. The minimum Gasteiger partial charge on any atom is -0.350 e. The van der Waals surface area contributed by atoms with Gasteiger partial charge in [0.2, 0.25) is 11.8 Å². The first-order valence-corrected chi connectivity index (χ1v) is 7.86. The van der Waals surface area contributed by atoms with E-state index >= 15 is 0 Å². The molecule has 0 unspecified atom stereocenters. The van der Waals surface area contributed by atoms with Gasteiger partial charge in [-0.15, -0.1) is 0 Å². The summed E-state index contributed by atoms with van der Waals surface area (Å²) in [7, 11) is 1.68. The van der Waals surface area contributed by atoms with Gasteiger partial charge in [-0.2, -0.15) is 0 Å². The molecule has 120 valence electrons. The number of carbonyl (C=O) groups is 2. The number of hydrogen-bond acceptors (Lipinski definition) is 2. The second kappa shape index (κ2) is 6.29. The van der Waals surface area contributed by atoms with Gasteiger partial charge in [-0.25, -0.2) is 0 Å². The van der Waals surface area contributed by atoms with Crippen LogP contribution in [-0.4, -0.2) is 35.8 Å². The number of likely N-dealkylation sites (N-methyl/N-ethyl adjacent to an activating group) is 1. The van der Waals surface area contributed by atoms with Crippen molar-refractivity contribution in [2.24, 2.45) is 5.92 Å². The summed E-state index contributed by atoms with van der Waals surface area (Å²) in [6.07, 6.45) is 0.824. The summed E-state index contributed by atoms with van der Waals surface area (Å²) in [5.74, 6) is 0.0718. The third-order valence-electron chi connectivity index (χ3n) is 3.66. The van der Waals surface area contributed by atoms with Crippen LogP contribution in [0.5, 0.6) is 0 Å². The molecule has 0 bridgehead atoms. The van der Waals surface area contributed by atoms with E-state index in [2.05, 4.69) is 5.32 Å². The summed E-state index contributed by atoms with van der Waals surface area (Å²) in [5, 5.41) is 3.55. The van der Waals surface area contributed by atoms with Crippen molar-refractivity contribution in [2.45, 2.75) is 38.6 Å². The summed E-state index contributed by atoms with van der Waals surface area (Å²) in [4.78, 5) is 25.8.